The van der Waals surface area contributed by atoms with Gasteiger partial charge in [0.05, 0.1) is 0 Å². The number of likely N-dealkylation sites (tertiary alicyclic amines) is 2. The third-order valence-electron chi connectivity index (χ3n) is 5.11. The fraction of sp³-hybridized carbons (Fsp3) is 0.765. The highest BCUT2D eigenvalue weighted by molar-refractivity contribution is 7.98. The molecule has 2 fully saturated rings. The molecule has 2 aliphatic rings. The maximum Gasteiger partial charge on any atom is 0.251 e. The maximum atomic E-state index is 12.3. The number of nitrogens with zero attached hydrogens (tertiary/aromatic N) is 2. The second-order valence-electron chi connectivity index (χ2n) is 6.69. The van der Waals surface area contributed by atoms with Gasteiger partial charge in [-0.2, -0.15) is 11.8 Å². The van der Waals surface area contributed by atoms with E-state index in [9.17, 15) is 14.7 Å². The van der Waals surface area contributed by atoms with Crippen molar-refractivity contribution in [3.8, 4) is 0 Å². The zero-order chi connectivity index (χ0) is 16.9. The van der Waals surface area contributed by atoms with E-state index >= 15 is 0 Å². The summed E-state index contributed by atoms with van der Waals surface area (Å²) in [5, 5.41) is 9.98. The average Bonchev–Trinajstić information content (AvgIpc) is 2.56. The molecule has 0 aromatic heterocycles. The smallest absolute Gasteiger partial charge is 0.251 e. The molecule has 130 valence electrons. The average molecular weight is 340 g/mol. The van der Waals surface area contributed by atoms with Crippen molar-refractivity contribution in [2.45, 2.75) is 38.2 Å². The Morgan fingerprint density at radius 1 is 1.43 bits per heavy atom. The van der Waals surface area contributed by atoms with E-state index in [1.54, 1.807) is 22.7 Å². The summed E-state index contributed by atoms with van der Waals surface area (Å²) in [5.41, 5.74) is 0.137. The standard InChI is InChI=1S/C17H28N2O3S/c1-3-9-19-13-17(6-4-15(19)21)7-10-18(11-8-17)16(22)14(20)5-12-23-2/h3,14,20H,1,4-13H2,2H3/t14-/m0/s1. The van der Waals surface area contributed by atoms with Crippen LogP contribution < -0.4 is 0 Å². The summed E-state index contributed by atoms with van der Waals surface area (Å²) in [6.45, 7) is 6.48. The van der Waals surface area contributed by atoms with E-state index in [1.165, 1.54) is 0 Å². The van der Waals surface area contributed by atoms with Crippen LogP contribution in [0.4, 0.5) is 0 Å². The molecule has 2 rings (SSSR count). The topological polar surface area (TPSA) is 60.9 Å². The van der Waals surface area contributed by atoms with Crippen LogP contribution in [0.3, 0.4) is 0 Å². The van der Waals surface area contributed by atoms with E-state index in [4.69, 9.17) is 0 Å². The molecule has 2 saturated heterocycles. The van der Waals surface area contributed by atoms with Crippen molar-refractivity contribution < 1.29 is 14.7 Å². The Balaban J connectivity index is 1.88. The summed E-state index contributed by atoms with van der Waals surface area (Å²) >= 11 is 1.64. The fourth-order valence-corrected chi connectivity index (χ4v) is 4.06. The van der Waals surface area contributed by atoms with Gasteiger partial charge in [0.15, 0.2) is 0 Å². The normalized spacial score (nSPS) is 22.3. The summed E-state index contributed by atoms with van der Waals surface area (Å²) < 4.78 is 0. The molecule has 0 aromatic rings. The van der Waals surface area contributed by atoms with Crippen molar-refractivity contribution in [1.82, 2.24) is 9.80 Å². The molecule has 2 amide bonds. The van der Waals surface area contributed by atoms with Gasteiger partial charge < -0.3 is 14.9 Å². The third-order valence-corrected chi connectivity index (χ3v) is 5.76. The van der Waals surface area contributed by atoms with Crippen LogP contribution in [0.25, 0.3) is 0 Å². The minimum atomic E-state index is -0.873. The van der Waals surface area contributed by atoms with Gasteiger partial charge >= 0.3 is 0 Å². The number of carbonyl (C=O) groups is 2. The number of piperidine rings is 2. The first-order chi connectivity index (χ1) is 11.0. The highest BCUT2D eigenvalue weighted by atomic mass is 32.2. The monoisotopic (exact) mass is 340 g/mol. The van der Waals surface area contributed by atoms with Crippen LogP contribution >= 0.6 is 11.8 Å². The second-order valence-corrected chi connectivity index (χ2v) is 7.67. The number of hydrogen-bond acceptors (Lipinski definition) is 4. The summed E-state index contributed by atoms with van der Waals surface area (Å²) in [6, 6.07) is 0. The molecular weight excluding hydrogens is 312 g/mol. The first-order valence-corrected chi connectivity index (χ1v) is 9.75. The number of hydrogen-bond donors (Lipinski definition) is 1. The molecule has 23 heavy (non-hydrogen) atoms. The summed E-state index contributed by atoms with van der Waals surface area (Å²) in [5.74, 6) is 0.869. The van der Waals surface area contributed by atoms with Crippen LogP contribution in [0.2, 0.25) is 0 Å². The van der Waals surface area contributed by atoms with Crippen LogP contribution in [0, 0.1) is 5.41 Å². The zero-order valence-corrected chi connectivity index (χ0v) is 14.8. The minimum Gasteiger partial charge on any atom is -0.383 e. The minimum absolute atomic E-state index is 0.135. The summed E-state index contributed by atoms with van der Waals surface area (Å²) in [4.78, 5) is 27.9. The maximum absolute atomic E-state index is 12.3. The van der Waals surface area contributed by atoms with Gasteiger partial charge in [-0.25, -0.2) is 0 Å². The quantitative estimate of drug-likeness (QED) is 0.745. The van der Waals surface area contributed by atoms with E-state index in [0.717, 1.165) is 31.6 Å². The number of aliphatic hydroxyl groups is 1. The molecule has 1 spiro atoms. The number of amides is 2. The van der Waals surface area contributed by atoms with Gasteiger partial charge in [-0.3, -0.25) is 9.59 Å². The van der Waals surface area contributed by atoms with Gasteiger partial charge in [0.1, 0.15) is 6.10 Å². The lowest BCUT2D eigenvalue weighted by Gasteiger charge is -2.47. The lowest BCUT2D eigenvalue weighted by molar-refractivity contribution is -0.146. The Morgan fingerprint density at radius 2 is 2.13 bits per heavy atom. The molecular formula is C17H28N2O3S. The van der Waals surface area contributed by atoms with E-state index in [1.807, 2.05) is 11.2 Å². The van der Waals surface area contributed by atoms with Crippen LogP contribution in [-0.2, 0) is 9.59 Å². The predicted molar refractivity (Wildman–Crippen MR) is 93.3 cm³/mol. The van der Waals surface area contributed by atoms with Gasteiger partial charge in [0, 0.05) is 32.6 Å². The first-order valence-electron chi connectivity index (χ1n) is 8.36. The largest absolute Gasteiger partial charge is 0.383 e. The summed E-state index contributed by atoms with van der Waals surface area (Å²) in [6.07, 6.45) is 6.72. The molecule has 0 aromatic carbocycles. The highest BCUT2D eigenvalue weighted by Crippen LogP contribution is 2.40. The number of rotatable bonds is 6. The molecule has 6 heteroatoms. The first kappa shape index (κ1) is 18.3. The van der Waals surface area contributed by atoms with Crippen molar-refractivity contribution in [3.63, 3.8) is 0 Å². The fourth-order valence-electron chi connectivity index (χ4n) is 3.60. The van der Waals surface area contributed by atoms with Gasteiger partial charge in [-0.05, 0) is 43.1 Å². The number of aliphatic hydroxyl groups excluding tert-OH is 1. The molecule has 0 radical (unpaired) electrons. The van der Waals surface area contributed by atoms with Crippen molar-refractivity contribution in [1.29, 1.82) is 0 Å². The Labute approximate surface area is 143 Å². The molecule has 0 bridgehead atoms. The lowest BCUT2D eigenvalue weighted by Crippen LogP contribution is -2.53. The Morgan fingerprint density at radius 3 is 2.74 bits per heavy atom. The molecule has 1 atom stereocenters. The highest BCUT2D eigenvalue weighted by Gasteiger charge is 2.41. The van der Waals surface area contributed by atoms with Crippen molar-refractivity contribution >= 4 is 23.6 Å². The molecule has 0 aliphatic carbocycles. The van der Waals surface area contributed by atoms with Crippen molar-refractivity contribution in [2.75, 3.05) is 38.2 Å². The number of carbonyl (C=O) groups excluding carboxylic acids is 2. The Bertz CT molecular complexity index is 447. The van der Waals surface area contributed by atoms with E-state index in [0.29, 0.717) is 32.5 Å². The Kier molecular flexibility index (Phi) is 6.53. The van der Waals surface area contributed by atoms with Crippen molar-refractivity contribution in [2.24, 2.45) is 5.41 Å². The van der Waals surface area contributed by atoms with Gasteiger partial charge in [-0.15, -0.1) is 6.58 Å². The summed E-state index contributed by atoms with van der Waals surface area (Å²) in [7, 11) is 0. The molecule has 2 heterocycles. The van der Waals surface area contributed by atoms with Gasteiger partial charge in [-0.1, -0.05) is 6.08 Å². The lowest BCUT2D eigenvalue weighted by atomic mass is 9.72. The van der Waals surface area contributed by atoms with E-state index in [2.05, 4.69) is 6.58 Å². The SMILES string of the molecule is C=CCN1CC2(CCC1=O)CCN(C(=O)[C@@H](O)CCSC)CC2. The van der Waals surface area contributed by atoms with Crippen LogP contribution in [0.1, 0.15) is 32.1 Å². The molecule has 1 N–H and O–H groups in total. The Hall–Kier alpha value is -1.01. The molecule has 0 saturated carbocycles. The van der Waals surface area contributed by atoms with E-state index in [-0.39, 0.29) is 17.2 Å². The second kappa shape index (κ2) is 8.20. The van der Waals surface area contributed by atoms with Crippen LogP contribution in [0.5, 0.6) is 0 Å². The zero-order valence-electron chi connectivity index (χ0n) is 14.0. The van der Waals surface area contributed by atoms with Gasteiger partial charge in [0.25, 0.3) is 5.91 Å². The molecule has 5 nitrogen and oxygen atoms in total. The van der Waals surface area contributed by atoms with E-state index < -0.39 is 6.10 Å². The predicted octanol–water partition coefficient (Wildman–Crippen LogP) is 1.52. The molecule has 2 aliphatic heterocycles. The third kappa shape index (κ3) is 4.51. The number of thioether (sulfide) groups is 1. The van der Waals surface area contributed by atoms with Gasteiger partial charge in [0.2, 0.25) is 5.91 Å². The van der Waals surface area contributed by atoms with Crippen LogP contribution in [0.15, 0.2) is 12.7 Å². The van der Waals surface area contributed by atoms with Crippen molar-refractivity contribution in [3.05, 3.63) is 12.7 Å². The molecule has 0 unspecified atom stereocenters. The van der Waals surface area contributed by atoms with Crippen LogP contribution in [-0.4, -0.2) is 71.0 Å².